The first kappa shape index (κ1) is 20.0. The van der Waals surface area contributed by atoms with Crippen molar-refractivity contribution in [3.05, 3.63) is 71.4 Å². The number of amides is 1. The van der Waals surface area contributed by atoms with Crippen LogP contribution in [0.2, 0.25) is 0 Å². The lowest BCUT2D eigenvalue weighted by Crippen LogP contribution is -2.39. The fourth-order valence-electron chi connectivity index (χ4n) is 3.99. The van der Waals surface area contributed by atoms with Gasteiger partial charge in [0.25, 0.3) is 0 Å². The summed E-state index contributed by atoms with van der Waals surface area (Å²) in [6, 6.07) is 16.6. The summed E-state index contributed by atoms with van der Waals surface area (Å²) in [4.78, 5) is 22.0. The van der Waals surface area contributed by atoms with Gasteiger partial charge in [-0.2, -0.15) is 0 Å². The van der Waals surface area contributed by atoms with Crippen molar-refractivity contribution in [2.24, 2.45) is 4.99 Å². The van der Waals surface area contributed by atoms with E-state index in [4.69, 9.17) is 0 Å². The normalized spacial score (nSPS) is 13.5. The van der Waals surface area contributed by atoms with Crippen molar-refractivity contribution in [3.8, 4) is 0 Å². The van der Waals surface area contributed by atoms with Crippen molar-refractivity contribution in [1.82, 2.24) is 20.5 Å². The van der Waals surface area contributed by atoms with Crippen molar-refractivity contribution >= 4 is 22.8 Å². The number of aromatic nitrogens is 1. The molecule has 4 rings (SSSR count). The number of benzene rings is 2. The van der Waals surface area contributed by atoms with Crippen LogP contribution in [-0.4, -0.2) is 41.9 Å². The summed E-state index contributed by atoms with van der Waals surface area (Å²) in [5.41, 5.74) is 5.00. The van der Waals surface area contributed by atoms with Crippen molar-refractivity contribution in [3.63, 3.8) is 0 Å². The van der Waals surface area contributed by atoms with Crippen LogP contribution in [0.1, 0.15) is 29.5 Å². The van der Waals surface area contributed by atoms with Gasteiger partial charge in [-0.3, -0.25) is 9.79 Å². The van der Waals surface area contributed by atoms with Crippen LogP contribution in [0, 0.1) is 0 Å². The Bertz CT molecular complexity index is 1010. The van der Waals surface area contributed by atoms with Gasteiger partial charge in [-0.25, -0.2) is 0 Å². The molecule has 2 heterocycles. The first-order valence-corrected chi connectivity index (χ1v) is 10.6. The molecule has 0 radical (unpaired) electrons. The SMILES string of the molecule is CN=C(NCCCC(=O)N1Cc2ccccc2C1)NCCc1c[nH]c2ccccc12. The molecule has 1 aromatic heterocycles. The summed E-state index contributed by atoms with van der Waals surface area (Å²) in [6.07, 6.45) is 4.33. The smallest absolute Gasteiger partial charge is 0.223 e. The highest BCUT2D eigenvalue weighted by Gasteiger charge is 2.22. The van der Waals surface area contributed by atoms with E-state index in [-0.39, 0.29) is 5.91 Å². The number of nitrogens with zero attached hydrogens (tertiary/aromatic N) is 2. The zero-order valence-electron chi connectivity index (χ0n) is 17.4. The molecule has 0 unspecified atom stereocenters. The van der Waals surface area contributed by atoms with Gasteiger partial charge in [0.2, 0.25) is 5.91 Å². The second-order valence-electron chi connectivity index (χ2n) is 7.66. The second kappa shape index (κ2) is 9.48. The number of fused-ring (bicyclic) bond motifs is 2. The van der Waals surface area contributed by atoms with Gasteiger partial charge < -0.3 is 20.5 Å². The lowest BCUT2D eigenvalue weighted by molar-refractivity contribution is -0.131. The molecule has 0 atom stereocenters. The van der Waals surface area contributed by atoms with Crippen LogP contribution in [0.3, 0.4) is 0 Å². The number of aliphatic imine (C=N–C) groups is 1. The number of hydrogen-bond acceptors (Lipinski definition) is 2. The molecule has 1 aliphatic rings. The minimum atomic E-state index is 0.218. The van der Waals surface area contributed by atoms with Crippen molar-refractivity contribution in [1.29, 1.82) is 0 Å². The molecule has 6 nitrogen and oxygen atoms in total. The lowest BCUT2D eigenvalue weighted by atomic mass is 10.1. The number of carbonyl (C=O) groups excluding carboxylic acids is 1. The number of aromatic amines is 1. The van der Waals surface area contributed by atoms with Crippen LogP contribution < -0.4 is 10.6 Å². The van der Waals surface area contributed by atoms with E-state index in [1.807, 2.05) is 23.1 Å². The van der Waals surface area contributed by atoms with E-state index in [0.717, 1.165) is 45.0 Å². The Hall–Kier alpha value is -3.28. The summed E-state index contributed by atoms with van der Waals surface area (Å²) in [6.45, 7) is 2.99. The number of H-pyrrole nitrogens is 1. The maximum atomic E-state index is 12.5. The molecule has 6 heteroatoms. The summed E-state index contributed by atoms with van der Waals surface area (Å²) >= 11 is 0. The Balaban J connectivity index is 1.15. The van der Waals surface area contributed by atoms with E-state index < -0.39 is 0 Å². The van der Waals surface area contributed by atoms with Crippen LogP contribution >= 0.6 is 0 Å². The lowest BCUT2D eigenvalue weighted by Gasteiger charge is -2.16. The highest BCUT2D eigenvalue weighted by Crippen LogP contribution is 2.23. The Labute approximate surface area is 177 Å². The number of rotatable bonds is 7. The summed E-state index contributed by atoms with van der Waals surface area (Å²) in [5, 5.41) is 7.94. The first-order valence-electron chi connectivity index (χ1n) is 10.6. The molecule has 0 bridgehead atoms. The van der Waals surface area contributed by atoms with Crippen molar-refractivity contribution in [2.75, 3.05) is 20.1 Å². The van der Waals surface area contributed by atoms with Gasteiger partial charge in [0.1, 0.15) is 0 Å². The predicted molar refractivity (Wildman–Crippen MR) is 121 cm³/mol. The number of nitrogens with one attached hydrogen (secondary N) is 3. The predicted octanol–water partition coefficient (Wildman–Crippen LogP) is 3.20. The molecular formula is C24H29N5O. The van der Waals surface area contributed by atoms with E-state index in [2.05, 4.69) is 57.1 Å². The van der Waals surface area contributed by atoms with Crippen LogP contribution in [-0.2, 0) is 24.3 Å². The highest BCUT2D eigenvalue weighted by atomic mass is 16.2. The van der Waals surface area contributed by atoms with E-state index in [1.54, 1.807) is 7.05 Å². The molecule has 3 aromatic rings. The quantitative estimate of drug-likeness (QED) is 0.322. The molecule has 0 fully saturated rings. The fraction of sp³-hybridized carbons (Fsp3) is 0.333. The van der Waals surface area contributed by atoms with Crippen LogP contribution in [0.4, 0.5) is 0 Å². The molecular weight excluding hydrogens is 374 g/mol. The van der Waals surface area contributed by atoms with Crippen molar-refractivity contribution < 1.29 is 4.79 Å². The van der Waals surface area contributed by atoms with E-state index in [0.29, 0.717) is 6.42 Å². The molecule has 0 saturated carbocycles. The third kappa shape index (κ3) is 4.64. The average Bonchev–Trinajstić information content (AvgIpc) is 3.39. The Morgan fingerprint density at radius 2 is 1.73 bits per heavy atom. The molecule has 0 aliphatic carbocycles. The zero-order valence-corrected chi connectivity index (χ0v) is 17.4. The number of para-hydroxylation sites is 1. The summed E-state index contributed by atoms with van der Waals surface area (Å²) < 4.78 is 0. The second-order valence-corrected chi connectivity index (χ2v) is 7.66. The molecule has 2 aromatic carbocycles. The third-order valence-electron chi connectivity index (χ3n) is 5.64. The maximum Gasteiger partial charge on any atom is 0.223 e. The zero-order chi connectivity index (χ0) is 20.8. The molecule has 1 amide bonds. The maximum absolute atomic E-state index is 12.5. The van der Waals surface area contributed by atoms with E-state index in [1.165, 1.54) is 27.6 Å². The van der Waals surface area contributed by atoms with Crippen molar-refractivity contribution in [2.45, 2.75) is 32.4 Å². The monoisotopic (exact) mass is 403 g/mol. The molecule has 30 heavy (non-hydrogen) atoms. The summed E-state index contributed by atoms with van der Waals surface area (Å²) in [5.74, 6) is 0.992. The number of guanidine groups is 1. The number of hydrogen-bond donors (Lipinski definition) is 3. The Morgan fingerprint density at radius 1 is 1.03 bits per heavy atom. The van der Waals surface area contributed by atoms with Gasteiger partial charge in [-0.05, 0) is 35.6 Å². The topological polar surface area (TPSA) is 72.5 Å². The average molecular weight is 404 g/mol. The Kier molecular flexibility index (Phi) is 6.32. The minimum Gasteiger partial charge on any atom is -0.361 e. The van der Waals surface area contributed by atoms with E-state index >= 15 is 0 Å². The van der Waals surface area contributed by atoms with Crippen LogP contribution in [0.5, 0.6) is 0 Å². The molecule has 0 saturated heterocycles. The molecule has 1 aliphatic heterocycles. The molecule has 156 valence electrons. The number of carbonyl (C=O) groups is 1. The van der Waals surface area contributed by atoms with Gasteiger partial charge in [-0.15, -0.1) is 0 Å². The molecule has 0 spiro atoms. The fourth-order valence-corrected chi connectivity index (χ4v) is 3.99. The van der Waals surface area contributed by atoms with E-state index in [9.17, 15) is 4.79 Å². The highest BCUT2D eigenvalue weighted by molar-refractivity contribution is 5.83. The molecule has 3 N–H and O–H groups in total. The van der Waals surface area contributed by atoms with Gasteiger partial charge in [0.15, 0.2) is 5.96 Å². The van der Waals surface area contributed by atoms with Gasteiger partial charge in [0.05, 0.1) is 0 Å². The Morgan fingerprint density at radius 3 is 2.50 bits per heavy atom. The summed E-state index contributed by atoms with van der Waals surface area (Å²) in [7, 11) is 1.77. The third-order valence-corrected chi connectivity index (χ3v) is 5.64. The standard InChI is InChI=1S/C24H29N5O/c1-25-24(27-14-12-18-15-28-22-10-5-4-9-21(18)22)26-13-6-11-23(30)29-16-19-7-2-3-8-20(19)17-29/h2-5,7-10,15,28H,6,11-14,16-17H2,1H3,(H2,25,26,27). The largest absolute Gasteiger partial charge is 0.361 e. The van der Waals surface area contributed by atoms with Crippen LogP contribution in [0.15, 0.2) is 59.7 Å². The van der Waals surface area contributed by atoms with Gasteiger partial charge in [-0.1, -0.05) is 42.5 Å². The minimum absolute atomic E-state index is 0.218. The first-order chi connectivity index (χ1) is 14.7. The van der Waals surface area contributed by atoms with Crippen LogP contribution in [0.25, 0.3) is 10.9 Å². The van der Waals surface area contributed by atoms with Gasteiger partial charge >= 0.3 is 0 Å². The van der Waals surface area contributed by atoms with Gasteiger partial charge in [0, 0.05) is 56.7 Å².